The van der Waals surface area contributed by atoms with Gasteiger partial charge in [-0.05, 0) is 50.6 Å². The second-order valence-electron chi connectivity index (χ2n) is 5.48. The highest BCUT2D eigenvalue weighted by Crippen LogP contribution is 2.35. The van der Waals surface area contributed by atoms with E-state index in [4.69, 9.17) is 0 Å². The number of nitrogens with zero attached hydrogens (tertiary/aromatic N) is 2. The first-order valence-electron chi connectivity index (χ1n) is 7.02. The van der Waals surface area contributed by atoms with Crippen LogP contribution in [0.15, 0.2) is 36.8 Å². The first kappa shape index (κ1) is 21.9. The number of likely N-dealkylation sites (N-methyl/N-ethyl adjacent to an activating group) is 1. The molecule has 1 fully saturated rings. The second kappa shape index (κ2) is 9.28. The zero-order valence-electron chi connectivity index (χ0n) is 13.2. The van der Waals surface area contributed by atoms with Crippen LogP contribution < -0.4 is 10.6 Å². The Morgan fingerprint density at radius 2 is 1.78 bits per heavy atom. The number of aryl methyl sites for hydroxylation is 1. The van der Waals surface area contributed by atoms with Crippen molar-refractivity contribution < 1.29 is 0 Å². The molecule has 2 aromatic heterocycles. The number of anilines is 1. The smallest absolute Gasteiger partial charge is 0.0533 e. The minimum absolute atomic E-state index is 0. The highest BCUT2D eigenvalue weighted by molar-refractivity contribution is 5.86. The van der Waals surface area contributed by atoms with Gasteiger partial charge in [0.05, 0.1) is 11.9 Å². The molecule has 0 spiro atoms. The van der Waals surface area contributed by atoms with E-state index in [9.17, 15) is 0 Å². The molecule has 0 unspecified atom stereocenters. The molecule has 0 amide bonds. The molecule has 128 valence electrons. The monoisotopic (exact) mass is 376 g/mol. The summed E-state index contributed by atoms with van der Waals surface area (Å²) in [6.07, 6.45) is 8.02. The molecular formula is C16H23Cl3N4. The normalized spacial score (nSPS) is 13.8. The third kappa shape index (κ3) is 5.21. The molecule has 1 aliphatic rings. The standard InChI is InChI=1S/C16H20N4.3ClH/c1-12-15(13-3-7-18-8-4-13)9-14(10-19-12)20-11-16(17-2)5-6-16;;;/h3-4,7-10,17,20H,5-6,11H2,1-2H3;3*1H. The van der Waals surface area contributed by atoms with Crippen molar-refractivity contribution >= 4 is 42.9 Å². The summed E-state index contributed by atoms with van der Waals surface area (Å²) in [5, 5.41) is 6.88. The number of hydrogen-bond donors (Lipinski definition) is 2. The summed E-state index contributed by atoms with van der Waals surface area (Å²) in [5.41, 5.74) is 4.72. The van der Waals surface area contributed by atoms with Gasteiger partial charge in [0.2, 0.25) is 0 Å². The Morgan fingerprint density at radius 1 is 1.13 bits per heavy atom. The molecule has 0 bridgehead atoms. The lowest BCUT2D eigenvalue weighted by atomic mass is 10.1. The maximum Gasteiger partial charge on any atom is 0.0533 e. The van der Waals surface area contributed by atoms with Gasteiger partial charge in [0.25, 0.3) is 0 Å². The Kier molecular flexibility index (Phi) is 8.85. The summed E-state index contributed by atoms with van der Waals surface area (Å²) in [5.74, 6) is 0. The lowest BCUT2D eigenvalue weighted by Crippen LogP contribution is -2.34. The molecule has 0 radical (unpaired) electrons. The molecule has 0 atom stereocenters. The van der Waals surface area contributed by atoms with Gasteiger partial charge in [-0.1, -0.05) is 0 Å². The van der Waals surface area contributed by atoms with Crippen LogP contribution in [0.5, 0.6) is 0 Å². The van der Waals surface area contributed by atoms with Crippen molar-refractivity contribution in [2.75, 3.05) is 18.9 Å². The quantitative estimate of drug-likeness (QED) is 0.830. The van der Waals surface area contributed by atoms with E-state index in [1.165, 1.54) is 12.8 Å². The molecule has 3 rings (SSSR count). The topological polar surface area (TPSA) is 49.8 Å². The van der Waals surface area contributed by atoms with Crippen LogP contribution in [0.25, 0.3) is 11.1 Å². The Bertz CT molecular complexity index is 604. The van der Waals surface area contributed by atoms with Crippen molar-refractivity contribution in [2.24, 2.45) is 0 Å². The summed E-state index contributed by atoms with van der Waals surface area (Å²) < 4.78 is 0. The van der Waals surface area contributed by atoms with Crippen molar-refractivity contribution in [3.8, 4) is 11.1 Å². The molecule has 4 nitrogen and oxygen atoms in total. The van der Waals surface area contributed by atoms with Crippen LogP contribution >= 0.6 is 37.2 Å². The summed E-state index contributed by atoms with van der Waals surface area (Å²) in [4.78, 5) is 8.57. The molecule has 0 aromatic carbocycles. The van der Waals surface area contributed by atoms with Gasteiger partial charge < -0.3 is 10.6 Å². The van der Waals surface area contributed by atoms with Gasteiger partial charge >= 0.3 is 0 Å². The van der Waals surface area contributed by atoms with Crippen LogP contribution in [0.4, 0.5) is 5.69 Å². The fraction of sp³-hybridized carbons (Fsp3) is 0.375. The van der Waals surface area contributed by atoms with Gasteiger partial charge in [-0.2, -0.15) is 0 Å². The number of aromatic nitrogens is 2. The Labute approximate surface area is 156 Å². The molecule has 2 heterocycles. The van der Waals surface area contributed by atoms with Crippen LogP contribution in [0.3, 0.4) is 0 Å². The minimum atomic E-state index is 0. The van der Waals surface area contributed by atoms with Crippen molar-refractivity contribution in [1.82, 2.24) is 15.3 Å². The third-order valence-electron chi connectivity index (χ3n) is 4.09. The van der Waals surface area contributed by atoms with Crippen molar-refractivity contribution in [3.05, 3.63) is 42.5 Å². The molecule has 1 aliphatic carbocycles. The van der Waals surface area contributed by atoms with E-state index in [0.29, 0.717) is 5.54 Å². The summed E-state index contributed by atoms with van der Waals surface area (Å²) in [6, 6.07) is 6.21. The van der Waals surface area contributed by atoms with E-state index in [1.807, 2.05) is 44.7 Å². The average Bonchev–Trinajstić information content (AvgIpc) is 3.28. The van der Waals surface area contributed by atoms with Crippen molar-refractivity contribution in [1.29, 1.82) is 0 Å². The highest BCUT2D eigenvalue weighted by Gasteiger charge is 2.40. The van der Waals surface area contributed by atoms with E-state index < -0.39 is 0 Å². The lowest BCUT2D eigenvalue weighted by molar-refractivity contribution is 0.578. The van der Waals surface area contributed by atoms with Gasteiger partial charge in [0.1, 0.15) is 0 Å². The third-order valence-corrected chi connectivity index (χ3v) is 4.09. The predicted molar refractivity (Wildman–Crippen MR) is 103 cm³/mol. The van der Waals surface area contributed by atoms with Crippen LogP contribution in [0.1, 0.15) is 18.5 Å². The first-order chi connectivity index (χ1) is 9.72. The Morgan fingerprint density at radius 3 is 2.35 bits per heavy atom. The SMILES string of the molecule is CNC1(CNc2cnc(C)c(-c3ccncc3)c2)CC1.Cl.Cl.Cl. The second-order valence-corrected chi connectivity index (χ2v) is 5.48. The predicted octanol–water partition coefficient (Wildman–Crippen LogP) is 3.88. The van der Waals surface area contributed by atoms with E-state index >= 15 is 0 Å². The maximum atomic E-state index is 4.50. The van der Waals surface area contributed by atoms with Gasteiger partial charge in [-0.15, -0.1) is 37.2 Å². The van der Waals surface area contributed by atoms with Gasteiger partial charge in [0, 0.05) is 35.7 Å². The van der Waals surface area contributed by atoms with Crippen LogP contribution in [-0.4, -0.2) is 29.1 Å². The number of nitrogens with one attached hydrogen (secondary N) is 2. The Hall–Kier alpha value is -1.07. The minimum Gasteiger partial charge on any atom is -0.382 e. The number of pyridine rings is 2. The molecule has 1 saturated carbocycles. The van der Waals surface area contributed by atoms with E-state index in [1.54, 1.807) is 0 Å². The van der Waals surface area contributed by atoms with Gasteiger partial charge in [-0.25, -0.2) is 0 Å². The van der Waals surface area contributed by atoms with E-state index in [0.717, 1.165) is 29.1 Å². The van der Waals surface area contributed by atoms with Crippen LogP contribution in [0, 0.1) is 6.92 Å². The molecule has 23 heavy (non-hydrogen) atoms. The van der Waals surface area contributed by atoms with Crippen molar-refractivity contribution in [2.45, 2.75) is 25.3 Å². The molecule has 0 aliphatic heterocycles. The molecular weight excluding hydrogens is 355 g/mol. The lowest BCUT2D eigenvalue weighted by Gasteiger charge is -2.16. The summed E-state index contributed by atoms with van der Waals surface area (Å²) in [7, 11) is 2.03. The van der Waals surface area contributed by atoms with Gasteiger partial charge in [-0.3, -0.25) is 9.97 Å². The van der Waals surface area contributed by atoms with Crippen LogP contribution in [0.2, 0.25) is 0 Å². The zero-order valence-corrected chi connectivity index (χ0v) is 15.7. The number of hydrogen-bond acceptors (Lipinski definition) is 4. The summed E-state index contributed by atoms with van der Waals surface area (Å²) >= 11 is 0. The van der Waals surface area contributed by atoms with Gasteiger partial charge in [0.15, 0.2) is 0 Å². The zero-order chi connectivity index (χ0) is 14.0. The molecule has 2 N–H and O–H groups in total. The number of halogens is 3. The average molecular weight is 378 g/mol. The Balaban J connectivity index is 0.00000161. The van der Waals surface area contributed by atoms with E-state index in [2.05, 4.69) is 26.7 Å². The highest BCUT2D eigenvalue weighted by atomic mass is 35.5. The summed E-state index contributed by atoms with van der Waals surface area (Å²) in [6.45, 7) is 2.99. The molecule has 0 saturated heterocycles. The number of rotatable bonds is 5. The maximum absolute atomic E-state index is 4.50. The molecule has 7 heteroatoms. The fourth-order valence-electron chi connectivity index (χ4n) is 2.39. The molecule has 2 aromatic rings. The largest absolute Gasteiger partial charge is 0.382 e. The fourth-order valence-corrected chi connectivity index (χ4v) is 2.39. The van der Waals surface area contributed by atoms with Crippen LogP contribution in [-0.2, 0) is 0 Å². The van der Waals surface area contributed by atoms with E-state index in [-0.39, 0.29) is 37.2 Å². The first-order valence-corrected chi connectivity index (χ1v) is 7.02. The van der Waals surface area contributed by atoms with Crippen molar-refractivity contribution in [3.63, 3.8) is 0 Å².